The van der Waals surface area contributed by atoms with E-state index >= 15 is 0 Å². The minimum absolute atomic E-state index is 0.0426. The summed E-state index contributed by atoms with van der Waals surface area (Å²) in [6.45, 7) is 7.37. The summed E-state index contributed by atoms with van der Waals surface area (Å²) in [4.78, 5) is 13.9. The van der Waals surface area contributed by atoms with Crippen LogP contribution < -0.4 is 9.30 Å². The molecule has 1 amide bonds. The lowest BCUT2D eigenvalue weighted by Gasteiger charge is -2.21. The van der Waals surface area contributed by atoms with E-state index in [0.29, 0.717) is 5.75 Å². The van der Waals surface area contributed by atoms with Gasteiger partial charge in [0, 0.05) is 26.1 Å². The summed E-state index contributed by atoms with van der Waals surface area (Å²) in [5, 5.41) is 9.81. The molecule has 0 aromatic carbocycles. The lowest BCUT2D eigenvalue weighted by Crippen LogP contribution is -2.37. The van der Waals surface area contributed by atoms with Crippen LogP contribution in [0.15, 0.2) is 12.3 Å². The summed E-state index contributed by atoms with van der Waals surface area (Å²) in [7, 11) is 1.87. The van der Waals surface area contributed by atoms with Gasteiger partial charge in [-0.1, -0.05) is 13.8 Å². The number of ether oxygens (including phenoxy) is 1. The van der Waals surface area contributed by atoms with E-state index in [2.05, 4.69) is 0 Å². The van der Waals surface area contributed by atoms with Gasteiger partial charge in [0.1, 0.15) is 7.05 Å². The molecule has 0 saturated carbocycles. The molecule has 1 aromatic rings. The predicted octanol–water partition coefficient (Wildman–Crippen LogP) is 1.55. The number of carbonyl (C=O) groups excluding carboxylic acids is 1. The van der Waals surface area contributed by atoms with Crippen molar-refractivity contribution in [3.8, 4) is 11.5 Å². The number of aryl methyl sites for hydroxylation is 1. The predicted molar refractivity (Wildman–Crippen MR) is 76.7 cm³/mol. The zero-order valence-electron chi connectivity index (χ0n) is 12.8. The van der Waals surface area contributed by atoms with Crippen LogP contribution in [0, 0.1) is 6.92 Å². The third-order valence-corrected chi connectivity index (χ3v) is 3.23. The second-order valence-electron chi connectivity index (χ2n) is 4.90. The Balaban J connectivity index is 2.71. The molecule has 0 aliphatic carbocycles. The Bertz CT molecular complexity index is 455. The standard InChI is InChI=1S/C15H24N2O3/c1-5-8-17(9-6-2)14(19)11-20-15-12(3)16(4)10-7-13(15)18/h7,10H,5-6,8-9,11H2,1-4H3/p+1. The highest BCUT2D eigenvalue weighted by Crippen LogP contribution is 2.26. The van der Waals surface area contributed by atoms with Gasteiger partial charge < -0.3 is 14.7 Å². The van der Waals surface area contributed by atoms with Crippen LogP contribution in [-0.4, -0.2) is 35.6 Å². The van der Waals surface area contributed by atoms with Gasteiger partial charge in [0.25, 0.3) is 5.91 Å². The fourth-order valence-corrected chi connectivity index (χ4v) is 2.02. The number of nitrogens with zero attached hydrogens (tertiary/aromatic N) is 2. The first-order valence-electron chi connectivity index (χ1n) is 7.10. The third-order valence-electron chi connectivity index (χ3n) is 3.23. The molecule has 1 N–H and O–H groups in total. The average molecular weight is 281 g/mol. The summed E-state index contributed by atoms with van der Waals surface area (Å²) in [5.41, 5.74) is 0.787. The Labute approximate surface area is 120 Å². The number of amides is 1. The number of rotatable bonds is 7. The Morgan fingerprint density at radius 1 is 1.35 bits per heavy atom. The van der Waals surface area contributed by atoms with Crippen LogP contribution in [-0.2, 0) is 11.8 Å². The summed E-state index contributed by atoms with van der Waals surface area (Å²) in [6, 6.07) is 1.56. The van der Waals surface area contributed by atoms with E-state index in [1.165, 1.54) is 0 Å². The van der Waals surface area contributed by atoms with Crippen molar-refractivity contribution in [3.63, 3.8) is 0 Å². The van der Waals surface area contributed by atoms with E-state index in [-0.39, 0.29) is 18.3 Å². The molecule has 0 aliphatic rings. The first-order valence-corrected chi connectivity index (χ1v) is 7.10. The van der Waals surface area contributed by atoms with Crippen molar-refractivity contribution in [2.45, 2.75) is 33.6 Å². The van der Waals surface area contributed by atoms with Crippen molar-refractivity contribution in [1.82, 2.24) is 4.90 Å². The van der Waals surface area contributed by atoms with Crippen LogP contribution in [0.5, 0.6) is 11.5 Å². The number of aromatic nitrogens is 1. The average Bonchev–Trinajstić information content (AvgIpc) is 2.42. The molecule has 1 heterocycles. The summed E-state index contributed by atoms with van der Waals surface area (Å²) >= 11 is 0. The largest absolute Gasteiger partial charge is 0.504 e. The van der Waals surface area contributed by atoms with Crippen LogP contribution in [0.25, 0.3) is 0 Å². The third kappa shape index (κ3) is 4.11. The monoisotopic (exact) mass is 281 g/mol. The number of hydrogen-bond donors (Lipinski definition) is 1. The van der Waals surface area contributed by atoms with Crippen molar-refractivity contribution in [2.24, 2.45) is 7.05 Å². The molecule has 0 fully saturated rings. The van der Waals surface area contributed by atoms with E-state index in [1.807, 2.05) is 32.4 Å². The fourth-order valence-electron chi connectivity index (χ4n) is 2.02. The second-order valence-corrected chi connectivity index (χ2v) is 4.90. The van der Waals surface area contributed by atoms with Crippen molar-refractivity contribution in [3.05, 3.63) is 18.0 Å². The van der Waals surface area contributed by atoms with E-state index in [1.54, 1.807) is 17.2 Å². The zero-order chi connectivity index (χ0) is 15.1. The Morgan fingerprint density at radius 2 is 1.95 bits per heavy atom. The van der Waals surface area contributed by atoms with Gasteiger partial charge >= 0.3 is 0 Å². The van der Waals surface area contributed by atoms with Crippen molar-refractivity contribution in [1.29, 1.82) is 0 Å². The van der Waals surface area contributed by atoms with E-state index in [0.717, 1.165) is 31.6 Å². The molecule has 0 spiro atoms. The van der Waals surface area contributed by atoms with Gasteiger partial charge in [-0.05, 0) is 12.8 Å². The molecule has 0 atom stereocenters. The molecule has 1 aromatic heterocycles. The normalized spacial score (nSPS) is 10.4. The van der Waals surface area contributed by atoms with Gasteiger partial charge in [-0.2, -0.15) is 0 Å². The molecule has 0 unspecified atom stereocenters. The molecule has 5 nitrogen and oxygen atoms in total. The van der Waals surface area contributed by atoms with Crippen LogP contribution in [0.3, 0.4) is 0 Å². The molecule has 1 rings (SSSR count). The molecule has 0 radical (unpaired) electrons. The summed E-state index contributed by atoms with van der Waals surface area (Å²) in [6.07, 6.45) is 3.60. The number of carbonyl (C=O) groups is 1. The number of aromatic hydroxyl groups is 1. The highest BCUT2D eigenvalue weighted by Gasteiger charge is 2.18. The molecule has 0 bridgehead atoms. The minimum atomic E-state index is -0.0432. The van der Waals surface area contributed by atoms with Crippen LogP contribution >= 0.6 is 0 Å². The molecule has 0 aliphatic heterocycles. The zero-order valence-corrected chi connectivity index (χ0v) is 12.8. The lowest BCUT2D eigenvalue weighted by molar-refractivity contribution is -0.678. The maximum atomic E-state index is 12.1. The van der Waals surface area contributed by atoms with Gasteiger partial charge in [0.15, 0.2) is 18.6 Å². The quantitative estimate of drug-likeness (QED) is 0.772. The van der Waals surface area contributed by atoms with Crippen LogP contribution in [0.4, 0.5) is 0 Å². The molecular formula is C15H25N2O3+. The van der Waals surface area contributed by atoms with Gasteiger partial charge in [-0.3, -0.25) is 4.79 Å². The van der Waals surface area contributed by atoms with Crippen molar-refractivity contribution in [2.75, 3.05) is 19.7 Å². The highest BCUT2D eigenvalue weighted by molar-refractivity contribution is 5.77. The van der Waals surface area contributed by atoms with E-state index in [9.17, 15) is 9.90 Å². The molecule has 5 heteroatoms. The van der Waals surface area contributed by atoms with Gasteiger partial charge in [0.2, 0.25) is 11.4 Å². The van der Waals surface area contributed by atoms with Gasteiger partial charge in [0.05, 0.1) is 0 Å². The fraction of sp³-hybridized carbons (Fsp3) is 0.600. The molecular weight excluding hydrogens is 256 g/mol. The summed E-state index contributed by atoms with van der Waals surface area (Å²) in [5.74, 6) is 0.390. The minimum Gasteiger partial charge on any atom is -0.504 e. The Morgan fingerprint density at radius 3 is 2.50 bits per heavy atom. The maximum absolute atomic E-state index is 12.1. The second kappa shape index (κ2) is 7.72. The van der Waals surface area contributed by atoms with Crippen molar-refractivity contribution < 1.29 is 19.2 Å². The van der Waals surface area contributed by atoms with E-state index < -0.39 is 0 Å². The van der Waals surface area contributed by atoms with Crippen molar-refractivity contribution >= 4 is 5.91 Å². The molecule has 20 heavy (non-hydrogen) atoms. The topological polar surface area (TPSA) is 53.7 Å². The SMILES string of the molecule is CCCN(CCC)C(=O)COc1c(O)cc[n+](C)c1C. The van der Waals surface area contributed by atoms with E-state index in [4.69, 9.17) is 4.74 Å². The van der Waals surface area contributed by atoms with Crippen LogP contribution in [0.1, 0.15) is 32.4 Å². The molecule has 0 saturated heterocycles. The smallest absolute Gasteiger partial charge is 0.260 e. The maximum Gasteiger partial charge on any atom is 0.260 e. The number of pyridine rings is 1. The van der Waals surface area contributed by atoms with Gasteiger partial charge in [-0.25, -0.2) is 4.57 Å². The first-order chi connectivity index (χ1) is 9.51. The summed E-state index contributed by atoms with van der Waals surface area (Å²) < 4.78 is 7.36. The molecule has 112 valence electrons. The Hall–Kier alpha value is -1.78. The lowest BCUT2D eigenvalue weighted by atomic mass is 10.3. The first kappa shape index (κ1) is 16.3. The van der Waals surface area contributed by atoms with Gasteiger partial charge in [-0.15, -0.1) is 0 Å². The van der Waals surface area contributed by atoms with Crippen LogP contribution in [0.2, 0.25) is 0 Å². The highest BCUT2D eigenvalue weighted by atomic mass is 16.5. The number of hydrogen-bond acceptors (Lipinski definition) is 3. The Kier molecular flexibility index (Phi) is 6.28.